The largest absolute Gasteiger partial charge is 0.478 e. The van der Waals surface area contributed by atoms with Gasteiger partial charge in [0.2, 0.25) is 5.88 Å². The molecular weight excluding hydrogens is 403 g/mol. The Balaban J connectivity index is 1.06. The Kier molecular flexibility index (Phi) is 6.21. The lowest BCUT2D eigenvalue weighted by molar-refractivity contribution is 0.237. The van der Waals surface area contributed by atoms with Gasteiger partial charge in [0.05, 0.1) is 6.61 Å². The Hall–Kier alpha value is -3.12. The molecule has 0 amide bonds. The number of hydrogen-bond acceptors (Lipinski definition) is 5. The third kappa shape index (κ3) is 4.55. The van der Waals surface area contributed by atoms with Crippen LogP contribution in [0.3, 0.4) is 0 Å². The van der Waals surface area contributed by atoms with Gasteiger partial charge in [-0.1, -0.05) is 36.4 Å². The number of aromatic nitrogens is 1. The zero-order valence-corrected chi connectivity index (χ0v) is 18.3. The molecule has 2 aromatic carbocycles. The average Bonchev–Trinajstić information content (AvgIpc) is 2.84. The van der Waals surface area contributed by atoms with Crippen LogP contribution < -0.4 is 15.0 Å². The highest BCUT2D eigenvalue weighted by molar-refractivity contribution is 5.94. The summed E-state index contributed by atoms with van der Waals surface area (Å²) in [5, 5.41) is 4.97. The van der Waals surface area contributed by atoms with Crippen LogP contribution in [0.4, 0.5) is 15.9 Å². The molecule has 166 valence electrons. The molecule has 1 N–H and O–H groups in total. The van der Waals surface area contributed by atoms with Crippen molar-refractivity contribution >= 4 is 28.4 Å². The monoisotopic (exact) mass is 432 g/mol. The van der Waals surface area contributed by atoms with Crippen molar-refractivity contribution < 1.29 is 9.13 Å². The molecule has 0 saturated carbocycles. The molecular formula is C26H29FN4O. The maximum atomic E-state index is 14.1. The Morgan fingerprint density at radius 2 is 1.78 bits per heavy atom. The van der Waals surface area contributed by atoms with Gasteiger partial charge < -0.3 is 15.0 Å². The van der Waals surface area contributed by atoms with Crippen molar-refractivity contribution in [3.63, 3.8) is 0 Å². The van der Waals surface area contributed by atoms with Crippen LogP contribution in [0.25, 0.3) is 16.8 Å². The maximum Gasteiger partial charge on any atom is 0.215 e. The number of unbranched alkanes of at least 4 members (excludes halogenated alkanes) is 1. The van der Waals surface area contributed by atoms with E-state index in [1.54, 1.807) is 6.07 Å². The summed E-state index contributed by atoms with van der Waals surface area (Å²) in [6.45, 7) is 6.55. The molecule has 0 aliphatic carbocycles. The zero-order chi connectivity index (χ0) is 21.8. The number of ether oxygens (including phenoxy) is 1. The summed E-state index contributed by atoms with van der Waals surface area (Å²) < 4.78 is 20.0. The fourth-order valence-electron chi connectivity index (χ4n) is 4.51. The minimum absolute atomic E-state index is 0.149. The Morgan fingerprint density at radius 3 is 2.69 bits per heavy atom. The summed E-state index contributed by atoms with van der Waals surface area (Å²) in [6.07, 6.45) is 6.29. The molecule has 0 radical (unpaired) electrons. The molecule has 5 rings (SSSR count). The summed E-state index contributed by atoms with van der Waals surface area (Å²) in [7, 11) is 0. The summed E-state index contributed by atoms with van der Waals surface area (Å²) in [5.74, 6) is 1.44. The number of nitrogens with one attached hydrogen (secondary N) is 1. The minimum Gasteiger partial charge on any atom is -0.478 e. The number of pyridine rings is 1. The first-order chi connectivity index (χ1) is 15.8. The molecule has 1 aromatic heterocycles. The number of piperazine rings is 1. The first kappa shape index (κ1) is 20.8. The number of rotatable bonds is 7. The molecule has 1 fully saturated rings. The van der Waals surface area contributed by atoms with Gasteiger partial charge in [-0.3, -0.25) is 4.90 Å². The second-order valence-electron chi connectivity index (χ2n) is 8.37. The van der Waals surface area contributed by atoms with Crippen LogP contribution in [0.5, 0.6) is 5.88 Å². The normalized spacial score (nSPS) is 16.1. The van der Waals surface area contributed by atoms with E-state index >= 15 is 0 Å². The van der Waals surface area contributed by atoms with E-state index in [2.05, 4.69) is 38.3 Å². The number of hydrogen-bond donors (Lipinski definition) is 1. The Labute approximate surface area is 188 Å². The van der Waals surface area contributed by atoms with Gasteiger partial charge in [0.1, 0.15) is 11.6 Å². The van der Waals surface area contributed by atoms with Crippen molar-refractivity contribution in [1.29, 1.82) is 0 Å². The first-order valence-electron chi connectivity index (χ1n) is 11.5. The number of benzene rings is 2. The SMILES string of the molecule is Fc1cccc2c(N3CCN(CCCCOc4ccc5c(n4)NCC=C5)CC3)cccc12. The molecule has 6 heteroatoms. The van der Waals surface area contributed by atoms with Gasteiger partial charge >= 0.3 is 0 Å². The van der Waals surface area contributed by atoms with Crippen LogP contribution in [0, 0.1) is 5.82 Å². The lowest BCUT2D eigenvalue weighted by Crippen LogP contribution is -2.46. The number of fused-ring (bicyclic) bond motifs is 2. The molecule has 0 bridgehead atoms. The van der Waals surface area contributed by atoms with Crippen molar-refractivity contribution in [3.05, 3.63) is 66.0 Å². The van der Waals surface area contributed by atoms with Crippen molar-refractivity contribution in [2.45, 2.75) is 12.8 Å². The first-order valence-corrected chi connectivity index (χ1v) is 11.5. The quantitative estimate of drug-likeness (QED) is 0.544. The zero-order valence-electron chi connectivity index (χ0n) is 18.3. The molecule has 0 atom stereocenters. The average molecular weight is 433 g/mol. The molecule has 5 nitrogen and oxygen atoms in total. The maximum absolute atomic E-state index is 14.1. The highest BCUT2D eigenvalue weighted by Gasteiger charge is 2.18. The molecule has 3 heterocycles. The van der Waals surface area contributed by atoms with Crippen LogP contribution in [0.1, 0.15) is 18.4 Å². The third-order valence-electron chi connectivity index (χ3n) is 6.26. The smallest absolute Gasteiger partial charge is 0.215 e. The molecule has 2 aliphatic rings. The summed E-state index contributed by atoms with van der Waals surface area (Å²) >= 11 is 0. The summed E-state index contributed by atoms with van der Waals surface area (Å²) in [6, 6.07) is 15.3. The Bertz CT molecular complexity index is 1110. The highest BCUT2D eigenvalue weighted by Crippen LogP contribution is 2.29. The van der Waals surface area contributed by atoms with E-state index in [0.29, 0.717) is 17.9 Å². The van der Waals surface area contributed by atoms with Gasteiger partial charge in [-0.15, -0.1) is 0 Å². The molecule has 2 aliphatic heterocycles. The van der Waals surface area contributed by atoms with Crippen molar-refractivity contribution in [1.82, 2.24) is 9.88 Å². The topological polar surface area (TPSA) is 40.6 Å². The summed E-state index contributed by atoms with van der Waals surface area (Å²) in [5.41, 5.74) is 2.24. The van der Waals surface area contributed by atoms with Crippen LogP contribution in [-0.2, 0) is 0 Å². The Morgan fingerprint density at radius 1 is 0.938 bits per heavy atom. The molecule has 0 unspecified atom stereocenters. The second kappa shape index (κ2) is 9.57. The van der Waals surface area contributed by atoms with E-state index in [-0.39, 0.29) is 5.82 Å². The van der Waals surface area contributed by atoms with Crippen LogP contribution in [0.15, 0.2) is 54.6 Å². The molecule has 32 heavy (non-hydrogen) atoms. The van der Waals surface area contributed by atoms with Crippen LogP contribution >= 0.6 is 0 Å². The van der Waals surface area contributed by atoms with E-state index in [0.717, 1.165) is 74.6 Å². The molecule has 1 saturated heterocycles. The number of halogens is 1. The standard InChI is InChI=1S/C26H29FN4O/c27-23-9-3-8-22-21(23)7-4-10-24(22)31-17-15-30(16-18-31)14-1-2-19-32-25-12-11-20-6-5-13-28-26(20)29-25/h3-12H,1-2,13-19H2,(H,28,29). The van der Waals surface area contributed by atoms with Crippen molar-refractivity contribution in [2.75, 3.05) is 56.1 Å². The third-order valence-corrected chi connectivity index (χ3v) is 6.26. The van der Waals surface area contributed by atoms with Gasteiger partial charge in [-0.25, -0.2) is 4.39 Å². The minimum atomic E-state index is -0.149. The summed E-state index contributed by atoms with van der Waals surface area (Å²) in [4.78, 5) is 9.43. The second-order valence-corrected chi connectivity index (χ2v) is 8.37. The van der Waals surface area contributed by atoms with Crippen LogP contribution in [-0.4, -0.2) is 55.8 Å². The van der Waals surface area contributed by atoms with Gasteiger partial charge in [-0.2, -0.15) is 4.98 Å². The van der Waals surface area contributed by atoms with E-state index < -0.39 is 0 Å². The fourth-order valence-corrected chi connectivity index (χ4v) is 4.51. The van der Waals surface area contributed by atoms with E-state index in [9.17, 15) is 4.39 Å². The van der Waals surface area contributed by atoms with Crippen molar-refractivity contribution in [3.8, 4) is 5.88 Å². The predicted molar refractivity (Wildman–Crippen MR) is 129 cm³/mol. The highest BCUT2D eigenvalue weighted by atomic mass is 19.1. The molecule has 3 aromatic rings. The number of anilines is 2. The van der Waals surface area contributed by atoms with Gasteiger partial charge in [0.25, 0.3) is 0 Å². The van der Waals surface area contributed by atoms with E-state index in [4.69, 9.17) is 4.74 Å². The van der Waals surface area contributed by atoms with Crippen molar-refractivity contribution in [2.24, 2.45) is 0 Å². The molecule has 0 spiro atoms. The lowest BCUT2D eigenvalue weighted by Gasteiger charge is -2.36. The van der Waals surface area contributed by atoms with E-state index in [1.165, 1.54) is 6.07 Å². The fraction of sp³-hybridized carbons (Fsp3) is 0.346. The van der Waals surface area contributed by atoms with Gasteiger partial charge in [-0.05, 0) is 37.6 Å². The predicted octanol–water partition coefficient (Wildman–Crippen LogP) is 4.79. The lowest BCUT2D eigenvalue weighted by atomic mass is 10.1. The van der Waals surface area contributed by atoms with Gasteiger partial charge in [0, 0.05) is 60.8 Å². The number of nitrogens with zero attached hydrogens (tertiary/aromatic N) is 3. The van der Waals surface area contributed by atoms with E-state index in [1.807, 2.05) is 30.3 Å². The van der Waals surface area contributed by atoms with Gasteiger partial charge in [0.15, 0.2) is 0 Å². The van der Waals surface area contributed by atoms with Crippen LogP contribution in [0.2, 0.25) is 0 Å².